The van der Waals surface area contributed by atoms with Gasteiger partial charge in [-0.25, -0.2) is 8.78 Å². The maximum atomic E-state index is 13.2. The van der Waals surface area contributed by atoms with Gasteiger partial charge in [0.25, 0.3) is 0 Å². The molecule has 1 aromatic carbocycles. The first-order chi connectivity index (χ1) is 9.11. The van der Waals surface area contributed by atoms with E-state index >= 15 is 0 Å². The van der Waals surface area contributed by atoms with Crippen LogP contribution >= 0.6 is 0 Å². The molecule has 1 aliphatic rings. The van der Waals surface area contributed by atoms with E-state index in [1.165, 1.54) is 32.8 Å². The van der Waals surface area contributed by atoms with Crippen molar-refractivity contribution in [1.29, 1.82) is 0 Å². The normalized spacial score (nSPS) is 15.7. The van der Waals surface area contributed by atoms with Crippen LogP contribution in [0.25, 0.3) is 0 Å². The van der Waals surface area contributed by atoms with E-state index in [1.54, 1.807) is 0 Å². The lowest BCUT2D eigenvalue weighted by atomic mass is 9.97. The lowest BCUT2D eigenvalue weighted by Crippen LogP contribution is -2.06. The zero-order valence-corrected chi connectivity index (χ0v) is 11.0. The molecule has 1 aliphatic carbocycles. The lowest BCUT2D eigenvalue weighted by Gasteiger charge is -2.10. The fourth-order valence-electron chi connectivity index (χ4n) is 2.68. The number of rotatable bonds is 5. The van der Waals surface area contributed by atoms with Crippen LogP contribution in [0.2, 0.25) is 0 Å². The Kier molecular flexibility index (Phi) is 4.51. The molecule has 2 rings (SSSR count). The Labute approximate surface area is 111 Å². The number of methoxy groups -OCH3 is 1. The van der Waals surface area contributed by atoms with Crippen molar-refractivity contribution < 1.29 is 18.3 Å². The molecule has 1 aromatic rings. The van der Waals surface area contributed by atoms with Gasteiger partial charge in [-0.05, 0) is 18.4 Å². The van der Waals surface area contributed by atoms with Crippen molar-refractivity contribution in [3.63, 3.8) is 0 Å². The molecule has 19 heavy (non-hydrogen) atoms. The van der Waals surface area contributed by atoms with Gasteiger partial charge in [0, 0.05) is 12.5 Å². The molecule has 0 atom stereocenters. The summed E-state index contributed by atoms with van der Waals surface area (Å²) in [5.41, 5.74) is 0.138. The number of hydrogen-bond donors (Lipinski definition) is 0. The summed E-state index contributed by atoms with van der Waals surface area (Å²) in [4.78, 5) is 12.1. The standard InChI is InChI=1S/C15H18F2O2/c1-19-15-9-13(17)12(16)8-11(15)14(18)7-6-10-4-2-3-5-10/h8-10H,2-7H2,1H3. The first-order valence-electron chi connectivity index (χ1n) is 6.68. The van der Waals surface area contributed by atoms with Crippen molar-refractivity contribution in [2.24, 2.45) is 5.92 Å². The van der Waals surface area contributed by atoms with Gasteiger partial charge in [0.2, 0.25) is 0 Å². The second-order valence-corrected chi connectivity index (χ2v) is 5.08. The van der Waals surface area contributed by atoms with Gasteiger partial charge >= 0.3 is 0 Å². The van der Waals surface area contributed by atoms with Gasteiger partial charge in [-0.1, -0.05) is 25.7 Å². The fourth-order valence-corrected chi connectivity index (χ4v) is 2.68. The van der Waals surface area contributed by atoms with Gasteiger partial charge in [0.1, 0.15) is 5.75 Å². The highest BCUT2D eigenvalue weighted by Crippen LogP contribution is 2.30. The molecule has 0 bridgehead atoms. The van der Waals surface area contributed by atoms with E-state index in [1.807, 2.05) is 0 Å². The fraction of sp³-hybridized carbons (Fsp3) is 0.533. The summed E-state index contributed by atoms with van der Waals surface area (Å²) in [6.45, 7) is 0. The Morgan fingerprint density at radius 1 is 1.26 bits per heavy atom. The minimum absolute atomic E-state index is 0.107. The highest BCUT2D eigenvalue weighted by atomic mass is 19.2. The Balaban J connectivity index is 2.07. The summed E-state index contributed by atoms with van der Waals surface area (Å²) in [6, 6.07) is 1.86. The second kappa shape index (κ2) is 6.13. The summed E-state index contributed by atoms with van der Waals surface area (Å²) in [6.07, 6.45) is 5.98. The van der Waals surface area contributed by atoms with Gasteiger partial charge in [0.15, 0.2) is 17.4 Å². The van der Waals surface area contributed by atoms with Crippen molar-refractivity contribution in [3.8, 4) is 5.75 Å². The minimum atomic E-state index is -1.01. The molecule has 0 aliphatic heterocycles. The van der Waals surface area contributed by atoms with E-state index in [9.17, 15) is 13.6 Å². The third-order valence-corrected chi connectivity index (χ3v) is 3.80. The zero-order chi connectivity index (χ0) is 13.8. The highest BCUT2D eigenvalue weighted by Gasteiger charge is 2.20. The summed E-state index contributed by atoms with van der Waals surface area (Å²) < 4.78 is 31.2. The first-order valence-corrected chi connectivity index (χ1v) is 6.68. The molecule has 0 amide bonds. The topological polar surface area (TPSA) is 26.3 Å². The molecular weight excluding hydrogens is 250 g/mol. The van der Waals surface area contributed by atoms with E-state index in [-0.39, 0.29) is 17.1 Å². The average Bonchev–Trinajstić information content (AvgIpc) is 2.91. The van der Waals surface area contributed by atoms with Crippen molar-refractivity contribution in [2.45, 2.75) is 38.5 Å². The molecule has 0 spiro atoms. The van der Waals surface area contributed by atoms with Gasteiger partial charge in [-0.15, -0.1) is 0 Å². The van der Waals surface area contributed by atoms with Gasteiger partial charge < -0.3 is 4.74 Å². The van der Waals surface area contributed by atoms with Crippen molar-refractivity contribution >= 4 is 5.78 Å². The molecule has 0 heterocycles. The summed E-state index contributed by atoms with van der Waals surface area (Å²) in [7, 11) is 1.35. The van der Waals surface area contributed by atoms with Crippen molar-refractivity contribution in [3.05, 3.63) is 29.3 Å². The van der Waals surface area contributed by atoms with Crippen LogP contribution in [0.3, 0.4) is 0 Å². The molecule has 0 radical (unpaired) electrons. The minimum Gasteiger partial charge on any atom is -0.496 e. The summed E-state index contributed by atoms with van der Waals surface area (Å²) in [5, 5.41) is 0. The molecule has 4 heteroatoms. The monoisotopic (exact) mass is 268 g/mol. The first kappa shape index (κ1) is 14.0. The number of carbonyl (C=O) groups is 1. The van der Waals surface area contributed by atoms with Crippen LogP contribution in [-0.2, 0) is 0 Å². The van der Waals surface area contributed by atoms with E-state index in [0.717, 1.165) is 18.6 Å². The quantitative estimate of drug-likeness (QED) is 0.751. The molecule has 1 saturated carbocycles. The molecular formula is C15H18F2O2. The number of ketones is 1. The van der Waals surface area contributed by atoms with Crippen molar-refractivity contribution in [1.82, 2.24) is 0 Å². The number of halogens is 2. The van der Waals surface area contributed by atoms with Crippen LogP contribution in [0, 0.1) is 17.6 Å². The predicted molar refractivity (Wildman–Crippen MR) is 68.4 cm³/mol. The predicted octanol–water partition coefficient (Wildman–Crippen LogP) is 4.13. The number of carbonyl (C=O) groups excluding carboxylic acids is 1. The number of Topliss-reactive ketones (excluding diaryl/α,β-unsaturated/α-hetero) is 1. The molecule has 0 aromatic heterocycles. The molecule has 104 valence electrons. The highest BCUT2D eigenvalue weighted by molar-refractivity contribution is 5.98. The van der Waals surface area contributed by atoms with Crippen LogP contribution < -0.4 is 4.74 Å². The van der Waals surface area contributed by atoms with Crippen LogP contribution in [-0.4, -0.2) is 12.9 Å². The molecule has 1 fully saturated rings. The second-order valence-electron chi connectivity index (χ2n) is 5.08. The zero-order valence-electron chi connectivity index (χ0n) is 11.0. The lowest BCUT2D eigenvalue weighted by molar-refractivity contribution is 0.0970. The third kappa shape index (κ3) is 3.31. The van der Waals surface area contributed by atoms with E-state index in [2.05, 4.69) is 0 Å². The third-order valence-electron chi connectivity index (χ3n) is 3.80. The Hall–Kier alpha value is -1.45. The largest absolute Gasteiger partial charge is 0.496 e. The van der Waals surface area contributed by atoms with E-state index in [0.29, 0.717) is 12.3 Å². The molecule has 0 saturated heterocycles. The molecule has 0 unspecified atom stereocenters. The Bertz CT molecular complexity index is 465. The number of hydrogen-bond acceptors (Lipinski definition) is 2. The Morgan fingerprint density at radius 2 is 1.89 bits per heavy atom. The Morgan fingerprint density at radius 3 is 2.53 bits per heavy atom. The average molecular weight is 268 g/mol. The SMILES string of the molecule is COc1cc(F)c(F)cc1C(=O)CCC1CCCC1. The van der Waals surface area contributed by atoms with Crippen LogP contribution in [0.15, 0.2) is 12.1 Å². The maximum Gasteiger partial charge on any atom is 0.166 e. The van der Waals surface area contributed by atoms with Crippen molar-refractivity contribution in [2.75, 3.05) is 7.11 Å². The van der Waals surface area contributed by atoms with Crippen LogP contribution in [0.5, 0.6) is 5.75 Å². The van der Waals surface area contributed by atoms with Crippen LogP contribution in [0.4, 0.5) is 8.78 Å². The molecule has 0 N–H and O–H groups in total. The number of ether oxygens (including phenoxy) is 1. The van der Waals surface area contributed by atoms with Gasteiger partial charge in [-0.3, -0.25) is 4.79 Å². The maximum absolute atomic E-state index is 13.2. The van der Waals surface area contributed by atoms with Gasteiger partial charge in [0.05, 0.1) is 12.7 Å². The van der Waals surface area contributed by atoms with Crippen LogP contribution in [0.1, 0.15) is 48.9 Å². The van der Waals surface area contributed by atoms with Gasteiger partial charge in [-0.2, -0.15) is 0 Å². The number of benzene rings is 1. The van der Waals surface area contributed by atoms with E-state index < -0.39 is 11.6 Å². The summed E-state index contributed by atoms with van der Waals surface area (Å²) in [5.74, 6) is -1.48. The molecule has 2 nitrogen and oxygen atoms in total. The van der Waals surface area contributed by atoms with E-state index in [4.69, 9.17) is 4.74 Å². The smallest absolute Gasteiger partial charge is 0.166 e. The summed E-state index contributed by atoms with van der Waals surface area (Å²) >= 11 is 0.